The quantitative estimate of drug-likeness (QED) is 0.609. The largest absolute Gasteiger partial charge is 0.373 e. The highest BCUT2D eigenvalue weighted by molar-refractivity contribution is 4.51. The Hall–Kier alpha value is -0.150. The fraction of sp³-hybridized carbons (Fsp3) is 1.00. The summed E-state index contributed by atoms with van der Waals surface area (Å²) in [6, 6.07) is 0. The maximum atomic E-state index is 9.50. The highest BCUT2D eigenvalue weighted by Crippen LogP contribution is 2.03. The second-order valence-electron chi connectivity index (χ2n) is 3.96. The summed E-state index contributed by atoms with van der Waals surface area (Å²) < 4.78 is 16.0. The zero-order valence-corrected chi connectivity index (χ0v) is 9.93. The molecule has 1 atom stereocenters. The summed E-state index contributed by atoms with van der Waals surface area (Å²) in [5.41, 5.74) is 0. The monoisotopic (exact) mass is 194 g/mol. The van der Waals surface area contributed by atoms with Crippen LogP contribution in [0.2, 0.25) is 0 Å². The molecule has 0 aromatic heterocycles. The molecule has 0 aliphatic heterocycles. The Balaban J connectivity index is 0. The standard InChI is InChI=1S/C9H22NO.CH3F/c1-6-9(11-7-2)8-10(3,4)5;1-2/h9H,6-8H2,1-5H3;1H3/q+1;. The Bertz CT molecular complexity index is 102. The minimum Gasteiger partial charge on any atom is -0.373 e. The van der Waals surface area contributed by atoms with Crippen molar-refractivity contribution in [1.82, 2.24) is 0 Å². The third-order valence-corrected chi connectivity index (χ3v) is 1.61. The van der Waals surface area contributed by atoms with E-state index in [9.17, 15) is 4.39 Å². The van der Waals surface area contributed by atoms with Crippen LogP contribution in [0.25, 0.3) is 0 Å². The van der Waals surface area contributed by atoms with Gasteiger partial charge in [0, 0.05) is 6.61 Å². The van der Waals surface area contributed by atoms with Gasteiger partial charge >= 0.3 is 0 Å². The number of hydrogen-bond acceptors (Lipinski definition) is 1. The van der Waals surface area contributed by atoms with Crippen LogP contribution in [-0.4, -0.2) is 52.1 Å². The Labute approximate surface area is 82.3 Å². The van der Waals surface area contributed by atoms with Crippen molar-refractivity contribution in [3.05, 3.63) is 0 Å². The topological polar surface area (TPSA) is 9.23 Å². The molecular weight excluding hydrogens is 169 g/mol. The lowest BCUT2D eigenvalue weighted by Gasteiger charge is -2.28. The molecule has 0 aliphatic carbocycles. The van der Waals surface area contributed by atoms with Crippen molar-refractivity contribution in [3.8, 4) is 0 Å². The molecule has 0 aromatic rings. The van der Waals surface area contributed by atoms with Crippen LogP contribution in [-0.2, 0) is 4.74 Å². The van der Waals surface area contributed by atoms with E-state index in [2.05, 4.69) is 35.0 Å². The van der Waals surface area contributed by atoms with Crippen LogP contribution in [0.3, 0.4) is 0 Å². The van der Waals surface area contributed by atoms with Gasteiger partial charge in [-0.25, -0.2) is 0 Å². The third-order valence-electron chi connectivity index (χ3n) is 1.61. The first-order chi connectivity index (χ1) is 5.99. The molecule has 0 saturated carbocycles. The summed E-state index contributed by atoms with van der Waals surface area (Å²) in [6.07, 6.45) is 1.55. The van der Waals surface area contributed by atoms with Gasteiger partial charge in [-0.2, -0.15) is 0 Å². The van der Waals surface area contributed by atoms with Crippen molar-refractivity contribution in [3.63, 3.8) is 0 Å². The molecule has 13 heavy (non-hydrogen) atoms. The van der Waals surface area contributed by atoms with Crippen LogP contribution in [0.4, 0.5) is 4.39 Å². The number of rotatable bonds is 5. The highest BCUT2D eigenvalue weighted by Gasteiger charge is 2.15. The summed E-state index contributed by atoms with van der Waals surface area (Å²) in [7, 11) is 7.09. The summed E-state index contributed by atoms with van der Waals surface area (Å²) in [5.74, 6) is 0. The van der Waals surface area contributed by atoms with Crippen molar-refractivity contribution < 1.29 is 13.6 Å². The van der Waals surface area contributed by atoms with Gasteiger partial charge < -0.3 is 9.22 Å². The van der Waals surface area contributed by atoms with E-state index in [0.717, 1.165) is 24.1 Å². The molecule has 0 rings (SSSR count). The molecule has 0 N–H and O–H groups in total. The van der Waals surface area contributed by atoms with Crippen LogP contribution >= 0.6 is 0 Å². The van der Waals surface area contributed by atoms with Crippen molar-refractivity contribution in [1.29, 1.82) is 0 Å². The smallest absolute Gasteiger partial charge is 0.106 e. The molecule has 0 heterocycles. The molecular formula is C10H25FNO+. The lowest BCUT2D eigenvalue weighted by Crippen LogP contribution is -2.42. The Morgan fingerprint density at radius 1 is 1.15 bits per heavy atom. The zero-order chi connectivity index (χ0) is 10.9. The minimum absolute atomic E-state index is 0.431. The molecule has 0 aromatic carbocycles. The van der Waals surface area contributed by atoms with E-state index in [1.165, 1.54) is 0 Å². The van der Waals surface area contributed by atoms with Crippen molar-refractivity contribution >= 4 is 0 Å². The number of halogens is 1. The van der Waals surface area contributed by atoms with Crippen molar-refractivity contribution in [2.24, 2.45) is 0 Å². The van der Waals surface area contributed by atoms with E-state index < -0.39 is 0 Å². The summed E-state index contributed by atoms with van der Waals surface area (Å²) >= 11 is 0. The number of likely N-dealkylation sites (N-methyl/N-ethyl adjacent to an activating group) is 1. The summed E-state index contributed by atoms with van der Waals surface area (Å²) in [5, 5.41) is 0. The number of hydrogen-bond donors (Lipinski definition) is 0. The van der Waals surface area contributed by atoms with Gasteiger partial charge in [0.25, 0.3) is 0 Å². The van der Waals surface area contributed by atoms with E-state index in [-0.39, 0.29) is 0 Å². The first-order valence-electron chi connectivity index (χ1n) is 4.79. The Morgan fingerprint density at radius 3 is 1.85 bits per heavy atom. The molecule has 0 saturated heterocycles. The molecule has 82 valence electrons. The van der Waals surface area contributed by atoms with Gasteiger partial charge in [0.05, 0.1) is 28.3 Å². The molecule has 2 nitrogen and oxygen atoms in total. The number of alkyl halides is 1. The van der Waals surface area contributed by atoms with Gasteiger partial charge in [-0.1, -0.05) is 6.92 Å². The molecule has 3 heteroatoms. The zero-order valence-electron chi connectivity index (χ0n) is 9.93. The molecule has 1 unspecified atom stereocenters. The molecule has 0 fully saturated rings. The second kappa shape index (κ2) is 8.45. The van der Waals surface area contributed by atoms with Crippen molar-refractivity contribution in [2.45, 2.75) is 26.4 Å². The van der Waals surface area contributed by atoms with Gasteiger partial charge in [0.1, 0.15) is 12.6 Å². The number of quaternary nitrogens is 1. The van der Waals surface area contributed by atoms with Crippen LogP contribution in [0.15, 0.2) is 0 Å². The highest BCUT2D eigenvalue weighted by atomic mass is 19.1. The van der Waals surface area contributed by atoms with Gasteiger partial charge in [-0.15, -0.1) is 0 Å². The molecule has 0 spiro atoms. The number of nitrogens with zero attached hydrogens (tertiary/aromatic N) is 1. The predicted octanol–water partition coefficient (Wildman–Crippen LogP) is 2.09. The molecule has 0 amide bonds. The third kappa shape index (κ3) is 11.9. The first-order valence-corrected chi connectivity index (χ1v) is 4.79. The van der Waals surface area contributed by atoms with Crippen LogP contribution in [0.1, 0.15) is 20.3 Å². The van der Waals surface area contributed by atoms with Gasteiger partial charge in [0.2, 0.25) is 0 Å². The van der Waals surface area contributed by atoms with Gasteiger partial charge in [-0.05, 0) is 13.3 Å². The second-order valence-corrected chi connectivity index (χ2v) is 3.96. The summed E-state index contributed by atoms with van der Waals surface area (Å²) in [6.45, 7) is 6.16. The lowest BCUT2D eigenvalue weighted by atomic mass is 10.2. The lowest BCUT2D eigenvalue weighted by molar-refractivity contribution is -0.873. The Kier molecular flexibility index (Phi) is 9.96. The minimum atomic E-state index is 0.431. The van der Waals surface area contributed by atoms with Gasteiger partial charge in [-0.3, -0.25) is 4.39 Å². The summed E-state index contributed by atoms with van der Waals surface area (Å²) in [4.78, 5) is 0. The molecule has 0 bridgehead atoms. The van der Waals surface area contributed by atoms with E-state index in [1.54, 1.807) is 0 Å². The van der Waals surface area contributed by atoms with Crippen LogP contribution in [0.5, 0.6) is 0 Å². The van der Waals surface area contributed by atoms with Crippen LogP contribution < -0.4 is 0 Å². The SMILES string of the molecule is CCOC(CC)C[N+](C)(C)C.CF. The van der Waals surface area contributed by atoms with Crippen LogP contribution in [0, 0.1) is 0 Å². The maximum absolute atomic E-state index is 9.50. The van der Waals surface area contributed by atoms with E-state index >= 15 is 0 Å². The average molecular weight is 194 g/mol. The Morgan fingerprint density at radius 2 is 1.62 bits per heavy atom. The fourth-order valence-electron chi connectivity index (χ4n) is 1.15. The molecule has 0 aliphatic rings. The first kappa shape index (κ1) is 15.3. The fourth-order valence-corrected chi connectivity index (χ4v) is 1.15. The van der Waals surface area contributed by atoms with Gasteiger partial charge in [0.15, 0.2) is 0 Å². The van der Waals surface area contributed by atoms with Crippen molar-refractivity contribution in [2.75, 3.05) is 41.5 Å². The van der Waals surface area contributed by atoms with E-state index in [1.807, 2.05) is 0 Å². The molecule has 0 radical (unpaired) electrons. The number of ether oxygens (including phenoxy) is 1. The maximum Gasteiger partial charge on any atom is 0.106 e. The van der Waals surface area contributed by atoms with E-state index in [0.29, 0.717) is 13.3 Å². The predicted molar refractivity (Wildman–Crippen MR) is 55.6 cm³/mol. The average Bonchev–Trinajstić information content (AvgIpc) is 2.05. The normalized spacial score (nSPS) is 13.2. The van der Waals surface area contributed by atoms with E-state index in [4.69, 9.17) is 4.74 Å².